The van der Waals surface area contributed by atoms with Gasteiger partial charge in [0.25, 0.3) is 0 Å². The van der Waals surface area contributed by atoms with Crippen molar-refractivity contribution < 1.29 is 9.53 Å². The number of benzene rings is 1. The lowest BCUT2D eigenvalue weighted by atomic mass is 10.0. The van der Waals surface area contributed by atoms with E-state index in [1.165, 1.54) is 12.7 Å². The normalized spacial score (nSPS) is 16.6. The van der Waals surface area contributed by atoms with Gasteiger partial charge in [-0.05, 0) is 37.0 Å². The molecular weight excluding hydrogens is 204 g/mol. The fraction of sp³-hybridized carbons (Fsp3) is 0.417. The van der Waals surface area contributed by atoms with E-state index in [1.54, 1.807) is 0 Å². The van der Waals surface area contributed by atoms with Gasteiger partial charge in [0.1, 0.15) is 0 Å². The molecule has 1 aliphatic carbocycles. The zero-order chi connectivity index (χ0) is 11.6. The third kappa shape index (κ3) is 2.73. The Bertz CT molecular complexity index is 383. The smallest absolute Gasteiger partial charge is 0.411 e. The number of ether oxygens (including phenoxy) is 1. The van der Waals surface area contributed by atoms with Gasteiger partial charge in [0.05, 0.1) is 7.11 Å². The second-order valence-electron chi connectivity index (χ2n) is 4.35. The molecule has 0 bridgehead atoms. The Balaban J connectivity index is 1.96. The molecule has 2 rings (SSSR count). The highest BCUT2D eigenvalue weighted by molar-refractivity contribution is 5.84. The summed E-state index contributed by atoms with van der Waals surface area (Å²) in [4.78, 5) is 11.0. The van der Waals surface area contributed by atoms with Gasteiger partial charge in [-0.2, -0.15) is 0 Å². The Hall–Kier alpha value is -1.55. The molecule has 1 fully saturated rings. The van der Waals surface area contributed by atoms with E-state index in [-0.39, 0.29) is 5.54 Å². The van der Waals surface area contributed by atoms with E-state index in [1.807, 2.05) is 24.3 Å². The summed E-state index contributed by atoms with van der Waals surface area (Å²) in [5.74, 6) is 0. The van der Waals surface area contributed by atoms with Crippen molar-refractivity contribution in [2.75, 3.05) is 12.4 Å². The Labute approximate surface area is 94.8 Å². The van der Waals surface area contributed by atoms with Crippen LogP contribution in [-0.4, -0.2) is 18.7 Å². The summed E-state index contributed by atoms with van der Waals surface area (Å²) in [6, 6.07) is 7.69. The van der Waals surface area contributed by atoms with Crippen molar-refractivity contribution in [1.29, 1.82) is 0 Å². The summed E-state index contributed by atoms with van der Waals surface area (Å²) >= 11 is 0. The van der Waals surface area contributed by atoms with Crippen LogP contribution in [0.1, 0.15) is 18.4 Å². The Morgan fingerprint density at radius 2 is 2.06 bits per heavy atom. The quantitative estimate of drug-likeness (QED) is 0.817. The molecule has 4 nitrogen and oxygen atoms in total. The number of carbonyl (C=O) groups excluding carboxylic acids is 1. The lowest BCUT2D eigenvalue weighted by Gasteiger charge is -2.09. The molecule has 0 aromatic heterocycles. The van der Waals surface area contributed by atoms with Crippen LogP contribution in [0.25, 0.3) is 0 Å². The minimum atomic E-state index is -0.453. The predicted octanol–water partition coefficient (Wildman–Crippen LogP) is 1.90. The molecule has 0 saturated heterocycles. The van der Waals surface area contributed by atoms with Crippen molar-refractivity contribution in [2.45, 2.75) is 24.8 Å². The van der Waals surface area contributed by atoms with Crippen LogP contribution in [-0.2, 0) is 11.2 Å². The fourth-order valence-electron chi connectivity index (χ4n) is 1.62. The van der Waals surface area contributed by atoms with Gasteiger partial charge in [-0.3, -0.25) is 5.32 Å². The van der Waals surface area contributed by atoms with Gasteiger partial charge < -0.3 is 10.5 Å². The number of hydrogen-bond acceptors (Lipinski definition) is 3. The third-order valence-corrected chi connectivity index (χ3v) is 2.83. The van der Waals surface area contributed by atoms with Gasteiger partial charge in [0, 0.05) is 11.2 Å². The van der Waals surface area contributed by atoms with E-state index < -0.39 is 6.09 Å². The number of rotatable bonds is 3. The van der Waals surface area contributed by atoms with Gasteiger partial charge in [-0.25, -0.2) is 4.79 Å². The number of methoxy groups -OCH3 is 1. The minimum absolute atomic E-state index is 0.0251. The van der Waals surface area contributed by atoms with E-state index in [9.17, 15) is 4.79 Å². The molecular formula is C12H16N2O2. The fourth-order valence-corrected chi connectivity index (χ4v) is 1.62. The van der Waals surface area contributed by atoms with Crippen molar-refractivity contribution in [1.82, 2.24) is 0 Å². The molecule has 0 spiro atoms. The Morgan fingerprint density at radius 1 is 1.44 bits per heavy atom. The number of hydrogen-bond donors (Lipinski definition) is 2. The first-order valence-electron chi connectivity index (χ1n) is 5.34. The zero-order valence-corrected chi connectivity index (χ0v) is 9.32. The summed E-state index contributed by atoms with van der Waals surface area (Å²) in [7, 11) is 1.34. The number of nitrogens with two attached hydrogens (primary N) is 1. The largest absolute Gasteiger partial charge is 0.453 e. The van der Waals surface area contributed by atoms with E-state index in [0.717, 1.165) is 24.9 Å². The van der Waals surface area contributed by atoms with Crippen LogP contribution in [0.2, 0.25) is 0 Å². The zero-order valence-electron chi connectivity index (χ0n) is 9.32. The number of carbonyl (C=O) groups is 1. The third-order valence-electron chi connectivity index (χ3n) is 2.83. The second kappa shape index (κ2) is 4.14. The molecule has 0 radical (unpaired) electrons. The highest BCUT2D eigenvalue weighted by Gasteiger charge is 2.37. The maximum atomic E-state index is 11.0. The summed E-state index contributed by atoms with van der Waals surface area (Å²) in [6.45, 7) is 0. The lowest BCUT2D eigenvalue weighted by molar-refractivity contribution is 0.187. The average molecular weight is 220 g/mol. The van der Waals surface area contributed by atoms with Crippen LogP contribution in [0.3, 0.4) is 0 Å². The SMILES string of the molecule is COC(=O)Nc1ccc(CC2(N)CC2)cc1. The molecule has 0 aliphatic heterocycles. The molecule has 1 aliphatic rings. The van der Waals surface area contributed by atoms with Gasteiger partial charge in [0.15, 0.2) is 0 Å². The van der Waals surface area contributed by atoms with Crippen molar-refractivity contribution >= 4 is 11.8 Å². The Morgan fingerprint density at radius 3 is 2.56 bits per heavy atom. The molecule has 1 aromatic rings. The summed E-state index contributed by atoms with van der Waals surface area (Å²) < 4.78 is 4.50. The molecule has 0 atom stereocenters. The number of nitrogens with one attached hydrogen (secondary N) is 1. The standard InChI is InChI=1S/C12H16N2O2/c1-16-11(15)14-10-4-2-9(3-5-10)8-12(13)6-7-12/h2-5H,6-8,13H2,1H3,(H,14,15). The van der Waals surface area contributed by atoms with E-state index in [4.69, 9.17) is 5.73 Å². The van der Waals surface area contributed by atoms with Crippen LogP contribution in [0.4, 0.5) is 10.5 Å². The minimum Gasteiger partial charge on any atom is -0.453 e. The monoisotopic (exact) mass is 220 g/mol. The van der Waals surface area contributed by atoms with Crippen LogP contribution >= 0.6 is 0 Å². The highest BCUT2D eigenvalue weighted by atomic mass is 16.5. The predicted molar refractivity (Wildman–Crippen MR) is 62.3 cm³/mol. The maximum absolute atomic E-state index is 11.0. The molecule has 4 heteroatoms. The van der Waals surface area contributed by atoms with E-state index in [0.29, 0.717) is 0 Å². The molecule has 1 aromatic carbocycles. The van der Waals surface area contributed by atoms with Crippen LogP contribution in [0.5, 0.6) is 0 Å². The highest BCUT2D eigenvalue weighted by Crippen LogP contribution is 2.35. The maximum Gasteiger partial charge on any atom is 0.411 e. The van der Waals surface area contributed by atoms with Crippen molar-refractivity contribution in [3.63, 3.8) is 0 Å². The van der Waals surface area contributed by atoms with Gasteiger partial charge in [-0.1, -0.05) is 12.1 Å². The number of amides is 1. The molecule has 0 heterocycles. The van der Waals surface area contributed by atoms with Crippen molar-refractivity contribution in [3.8, 4) is 0 Å². The molecule has 0 unspecified atom stereocenters. The molecule has 86 valence electrons. The van der Waals surface area contributed by atoms with Crippen LogP contribution < -0.4 is 11.1 Å². The first kappa shape index (κ1) is 11.0. The van der Waals surface area contributed by atoms with Crippen molar-refractivity contribution in [2.24, 2.45) is 5.73 Å². The summed E-state index contributed by atoms with van der Waals surface area (Å²) in [5, 5.41) is 2.60. The summed E-state index contributed by atoms with van der Waals surface area (Å²) in [6.07, 6.45) is 2.67. The molecule has 3 N–H and O–H groups in total. The molecule has 1 amide bonds. The topological polar surface area (TPSA) is 64.3 Å². The van der Waals surface area contributed by atoms with Crippen molar-refractivity contribution in [3.05, 3.63) is 29.8 Å². The average Bonchev–Trinajstić information content (AvgIpc) is 2.99. The summed E-state index contributed by atoms with van der Waals surface area (Å²) in [5.41, 5.74) is 7.99. The molecule has 1 saturated carbocycles. The first-order chi connectivity index (χ1) is 7.61. The van der Waals surface area contributed by atoms with Gasteiger partial charge >= 0.3 is 6.09 Å². The van der Waals surface area contributed by atoms with E-state index >= 15 is 0 Å². The van der Waals surface area contributed by atoms with E-state index in [2.05, 4.69) is 10.1 Å². The van der Waals surface area contributed by atoms with Gasteiger partial charge in [-0.15, -0.1) is 0 Å². The lowest BCUT2D eigenvalue weighted by Crippen LogP contribution is -2.24. The second-order valence-corrected chi connectivity index (χ2v) is 4.35. The molecule has 16 heavy (non-hydrogen) atoms. The van der Waals surface area contributed by atoms with Crippen LogP contribution in [0, 0.1) is 0 Å². The first-order valence-corrected chi connectivity index (χ1v) is 5.34. The number of anilines is 1. The van der Waals surface area contributed by atoms with Gasteiger partial charge in [0.2, 0.25) is 0 Å². The Kier molecular flexibility index (Phi) is 2.83. The van der Waals surface area contributed by atoms with Crippen LogP contribution in [0.15, 0.2) is 24.3 Å².